The predicted molar refractivity (Wildman–Crippen MR) is 67.1 cm³/mol. The van der Waals surface area contributed by atoms with Gasteiger partial charge in [0.2, 0.25) is 0 Å². The van der Waals surface area contributed by atoms with Crippen LogP contribution in [0.5, 0.6) is 0 Å². The van der Waals surface area contributed by atoms with Crippen molar-refractivity contribution in [3.8, 4) is 0 Å². The summed E-state index contributed by atoms with van der Waals surface area (Å²) >= 11 is 0. The molecule has 108 valence electrons. The number of nitro benzene ring substituents is 1. The SMILES string of the molecule is CCC(=O)OC(C)=O.O=C(O)c1ccc([N+](=O)[O-])cc1. The minimum Gasteiger partial charge on any atom is -0.478 e. The molecule has 0 atom stereocenters. The number of hydrogen-bond acceptors (Lipinski definition) is 6. The monoisotopic (exact) mass is 283 g/mol. The van der Waals surface area contributed by atoms with Gasteiger partial charge < -0.3 is 9.84 Å². The summed E-state index contributed by atoms with van der Waals surface area (Å²) in [7, 11) is 0. The van der Waals surface area contributed by atoms with E-state index in [2.05, 4.69) is 4.74 Å². The summed E-state index contributed by atoms with van der Waals surface area (Å²) in [5, 5.41) is 18.6. The quantitative estimate of drug-likeness (QED) is 0.388. The second-order valence-electron chi connectivity index (χ2n) is 3.43. The van der Waals surface area contributed by atoms with Crippen molar-refractivity contribution in [1.29, 1.82) is 0 Å². The van der Waals surface area contributed by atoms with Crippen molar-refractivity contribution in [2.24, 2.45) is 0 Å². The van der Waals surface area contributed by atoms with Crippen LogP contribution in [-0.2, 0) is 14.3 Å². The number of carbonyl (C=O) groups is 3. The van der Waals surface area contributed by atoms with E-state index < -0.39 is 22.8 Å². The lowest BCUT2D eigenvalue weighted by atomic mass is 10.2. The van der Waals surface area contributed by atoms with Crippen LogP contribution >= 0.6 is 0 Å². The molecule has 0 bridgehead atoms. The number of aromatic carboxylic acids is 1. The van der Waals surface area contributed by atoms with Gasteiger partial charge in [-0.25, -0.2) is 4.79 Å². The fourth-order valence-corrected chi connectivity index (χ4v) is 0.958. The number of non-ortho nitro benzene ring substituents is 1. The summed E-state index contributed by atoms with van der Waals surface area (Å²) in [6.45, 7) is 2.83. The third-order valence-corrected chi connectivity index (χ3v) is 1.87. The summed E-state index contributed by atoms with van der Waals surface area (Å²) in [4.78, 5) is 40.0. The Labute approximate surface area is 114 Å². The van der Waals surface area contributed by atoms with Gasteiger partial charge in [-0.15, -0.1) is 0 Å². The van der Waals surface area contributed by atoms with Crippen molar-refractivity contribution in [1.82, 2.24) is 0 Å². The van der Waals surface area contributed by atoms with E-state index in [0.29, 0.717) is 0 Å². The first-order chi connectivity index (χ1) is 9.27. The summed E-state index contributed by atoms with van der Waals surface area (Å²) in [5.74, 6) is -2.11. The van der Waals surface area contributed by atoms with Gasteiger partial charge in [-0.1, -0.05) is 6.92 Å². The van der Waals surface area contributed by atoms with Crippen LogP contribution in [0.1, 0.15) is 30.6 Å². The highest BCUT2D eigenvalue weighted by Gasteiger charge is 2.06. The molecule has 0 radical (unpaired) electrons. The maximum Gasteiger partial charge on any atom is 0.335 e. The maximum atomic E-state index is 10.3. The molecule has 8 nitrogen and oxygen atoms in total. The number of esters is 2. The van der Waals surface area contributed by atoms with Crippen LogP contribution in [0, 0.1) is 10.1 Å². The van der Waals surface area contributed by atoms with Crippen molar-refractivity contribution in [3.63, 3.8) is 0 Å². The zero-order chi connectivity index (χ0) is 15.7. The van der Waals surface area contributed by atoms with E-state index in [0.717, 1.165) is 12.1 Å². The van der Waals surface area contributed by atoms with E-state index in [1.165, 1.54) is 19.1 Å². The van der Waals surface area contributed by atoms with Crippen molar-refractivity contribution in [2.45, 2.75) is 20.3 Å². The first-order valence-corrected chi connectivity index (χ1v) is 5.47. The molecule has 0 heterocycles. The Balaban J connectivity index is 0.000000396. The minimum absolute atomic E-state index is 0.0422. The Kier molecular flexibility index (Phi) is 7.20. The Bertz CT molecular complexity index is 474. The molecule has 20 heavy (non-hydrogen) atoms. The summed E-state index contributed by atoms with van der Waals surface area (Å²) in [6, 6.07) is 4.70. The molecule has 0 amide bonds. The van der Waals surface area contributed by atoms with Crippen LogP contribution in [0.4, 0.5) is 5.69 Å². The van der Waals surface area contributed by atoms with Crippen LogP contribution in [0.3, 0.4) is 0 Å². The van der Waals surface area contributed by atoms with Crippen LogP contribution in [-0.4, -0.2) is 27.9 Å². The lowest BCUT2D eigenvalue weighted by molar-refractivity contribution is -0.384. The molecule has 0 saturated heterocycles. The Morgan fingerprint density at radius 1 is 1.25 bits per heavy atom. The molecule has 1 aromatic rings. The topological polar surface area (TPSA) is 124 Å². The summed E-state index contributed by atoms with van der Waals surface area (Å²) in [5.41, 5.74) is -0.0689. The highest BCUT2D eigenvalue weighted by molar-refractivity contribution is 5.87. The highest BCUT2D eigenvalue weighted by atomic mass is 16.6. The Hall–Kier alpha value is -2.77. The van der Waals surface area contributed by atoms with Gasteiger partial charge in [0.1, 0.15) is 0 Å². The zero-order valence-corrected chi connectivity index (χ0v) is 10.9. The first-order valence-electron chi connectivity index (χ1n) is 5.47. The second kappa shape index (κ2) is 8.35. The lowest BCUT2D eigenvalue weighted by Gasteiger charge is -1.92. The van der Waals surface area contributed by atoms with Gasteiger partial charge in [0, 0.05) is 25.5 Å². The number of benzene rings is 1. The van der Waals surface area contributed by atoms with Gasteiger partial charge in [0.15, 0.2) is 0 Å². The summed E-state index contributed by atoms with van der Waals surface area (Å²) in [6.07, 6.45) is 0.250. The third-order valence-electron chi connectivity index (χ3n) is 1.87. The van der Waals surface area contributed by atoms with Crippen LogP contribution in [0.15, 0.2) is 24.3 Å². The van der Waals surface area contributed by atoms with Crippen LogP contribution in [0.25, 0.3) is 0 Å². The number of carboxylic acids is 1. The van der Waals surface area contributed by atoms with E-state index in [-0.39, 0.29) is 17.7 Å². The molecule has 0 aliphatic rings. The van der Waals surface area contributed by atoms with E-state index in [4.69, 9.17) is 5.11 Å². The molecule has 0 aliphatic heterocycles. The number of rotatable bonds is 3. The van der Waals surface area contributed by atoms with Crippen LogP contribution < -0.4 is 0 Å². The van der Waals surface area contributed by atoms with Crippen molar-refractivity contribution in [3.05, 3.63) is 39.9 Å². The maximum absolute atomic E-state index is 10.3. The summed E-state index contributed by atoms with van der Waals surface area (Å²) < 4.78 is 4.12. The average Bonchev–Trinajstić information content (AvgIpc) is 2.38. The Morgan fingerprint density at radius 2 is 1.75 bits per heavy atom. The molecule has 1 rings (SSSR count). The zero-order valence-electron chi connectivity index (χ0n) is 10.9. The third kappa shape index (κ3) is 6.84. The number of carboxylic acid groups (broad SMARTS) is 1. The molecule has 0 fully saturated rings. The van der Waals surface area contributed by atoms with E-state index in [1.54, 1.807) is 6.92 Å². The standard InChI is InChI=1S/C7H5NO4.C5H8O3/c9-7(10)5-1-3-6(4-2-5)8(11)12;1-3-5(7)8-4(2)6/h1-4H,(H,9,10);3H2,1-2H3. The fraction of sp³-hybridized carbons (Fsp3) is 0.250. The molecule has 0 aliphatic carbocycles. The largest absolute Gasteiger partial charge is 0.478 e. The first kappa shape index (κ1) is 17.2. The van der Waals surface area contributed by atoms with Crippen molar-refractivity contribution in [2.75, 3.05) is 0 Å². The molecule has 8 heteroatoms. The van der Waals surface area contributed by atoms with Crippen LogP contribution in [0.2, 0.25) is 0 Å². The minimum atomic E-state index is -1.09. The predicted octanol–water partition coefficient (Wildman–Crippen LogP) is 1.78. The molecule has 0 spiro atoms. The molecule has 1 aromatic carbocycles. The van der Waals surface area contributed by atoms with Gasteiger partial charge >= 0.3 is 17.9 Å². The number of ether oxygens (including phenoxy) is 1. The molecule has 0 unspecified atom stereocenters. The number of hydrogen-bond donors (Lipinski definition) is 1. The molecular formula is C12H13NO7. The smallest absolute Gasteiger partial charge is 0.335 e. The highest BCUT2D eigenvalue weighted by Crippen LogP contribution is 2.11. The van der Waals surface area contributed by atoms with Gasteiger partial charge in [-0.05, 0) is 12.1 Å². The lowest BCUT2D eigenvalue weighted by Crippen LogP contribution is -2.06. The van der Waals surface area contributed by atoms with E-state index in [9.17, 15) is 24.5 Å². The fourth-order valence-electron chi connectivity index (χ4n) is 0.958. The number of nitro groups is 1. The molecule has 1 N–H and O–H groups in total. The second-order valence-corrected chi connectivity index (χ2v) is 3.43. The van der Waals surface area contributed by atoms with Gasteiger partial charge in [0.25, 0.3) is 5.69 Å². The van der Waals surface area contributed by atoms with E-state index in [1.807, 2.05) is 0 Å². The molecule has 0 saturated carbocycles. The number of nitrogens with zero attached hydrogens (tertiary/aromatic N) is 1. The van der Waals surface area contributed by atoms with Crippen molar-refractivity contribution < 1.29 is 29.2 Å². The number of carbonyl (C=O) groups excluding carboxylic acids is 2. The molecular weight excluding hydrogens is 270 g/mol. The van der Waals surface area contributed by atoms with Gasteiger partial charge in [0.05, 0.1) is 10.5 Å². The van der Waals surface area contributed by atoms with Gasteiger partial charge in [-0.3, -0.25) is 19.7 Å². The normalized spacial score (nSPS) is 8.90. The van der Waals surface area contributed by atoms with Gasteiger partial charge in [-0.2, -0.15) is 0 Å². The van der Waals surface area contributed by atoms with E-state index >= 15 is 0 Å². The van der Waals surface area contributed by atoms with Crippen molar-refractivity contribution >= 4 is 23.6 Å². The Morgan fingerprint density at radius 3 is 2.00 bits per heavy atom. The average molecular weight is 283 g/mol. The molecule has 0 aromatic heterocycles.